The molecule has 0 saturated heterocycles. The molecule has 0 aromatic heterocycles. The number of hydrogen-bond acceptors (Lipinski definition) is 5. The summed E-state index contributed by atoms with van der Waals surface area (Å²) in [5.74, 6) is -0.754. The van der Waals surface area contributed by atoms with Gasteiger partial charge in [0, 0.05) is 22.8 Å². The first kappa shape index (κ1) is 16.7. The number of amides is 1. The van der Waals surface area contributed by atoms with E-state index in [1.165, 1.54) is 24.3 Å². The number of carbonyl (C=O) groups is 1. The van der Waals surface area contributed by atoms with Crippen molar-refractivity contribution in [2.45, 2.75) is 0 Å². The number of carbonyl (C=O) groups excluding carboxylic acids is 1. The zero-order valence-electron chi connectivity index (χ0n) is 11.2. The topological polar surface area (TPSA) is 115 Å². The largest absolute Gasteiger partial charge is 0.322 e. The molecule has 2 rings (SSSR count). The first-order valence-corrected chi connectivity index (χ1v) is 6.74. The molecular weight excluding hydrogens is 349 g/mol. The highest BCUT2D eigenvalue weighted by Crippen LogP contribution is 2.35. The molecule has 0 unspecified atom stereocenters. The quantitative estimate of drug-likeness (QED) is 0.655. The predicted octanol–water partition coefficient (Wildman–Crippen LogP) is 4.06. The van der Waals surface area contributed by atoms with Gasteiger partial charge in [0.2, 0.25) is 0 Å². The second-order valence-electron chi connectivity index (χ2n) is 4.30. The lowest BCUT2D eigenvalue weighted by atomic mass is 10.1. The molecule has 0 spiro atoms. The molecule has 0 aliphatic heterocycles. The summed E-state index contributed by atoms with van der Waals surface area (Å²) < 4.78 is 0. The Morgan fingerprint density at radius 1 is 0.957 bits per heavy atom. The summed E-state index contributed by atoms with van der Waals surface area (Å²) in [6.45, 7) is 0. The van der Waals surface area contributed by atoms with Crippen LogP contribution in [0.1, 0.15) is 10.4 Å². The number of halogens is 2. The molecule has 1 amide bonds. The number of nitro groups is 2. The summed E-state index contributed by atoms with van der Waals surface area (Å²) in [5.41, 5.74) is -1.33. The van der Waals surface area contributed by atoms with Crippen molar-refractivity contribution in [2.24, 2.45) is 0 Å². The fourth-order valence-corrected chi connectivity index (χ4v) is 2.10. The van der Waals surface area contributed by atoms with Gasteiger partial charge in [0.05, 0.1) is 15.4 Å². The number of hydrogen-bond donors (Lipinski definition) is 1. The van der Waals surface area contributed by atoms with E-state index in [2.05, 4.69) is 5.32 Å². The number of nitrogens with zero attached hydrogens (tertiary/aromatic N) is 2. The zero-order chi connectivity index (χ0) is 17.1. The molecule has 0 saturated carbocycles. The molecule has 0 atom stereocenters. The van der Waals surface area contributed by atoms with E-state index in [0.29, 0.717) is 10.7 Å². The summed E-state index contributed by atoms with van der Waals surface area (Å²) in [4.78, 5) is 32.2. The van der Waals surface area contributed by atoms with E-state index in [1.54, 1.807) is 0 Å². The average Bonchev–Trinajstić information content (AvgIpc) is 2.49. The first-order chi connectivity index (χ1) is 10.8. The molecule has 0 aliphatic carbocycles. The van der Waals surface area contributed by atoms with Crippen LogP contribution in [0.5, 0.6) is 0 Å². The molecule has 0 radical (unpaired) electrons. The highest BCUT2D eigenvalue weighted by molar-refractivity contribution is 6.35. The van der Waals surface area contributed by atoms with Crippen LogP contribution < -0.4 is 5.32 Å². The normalized spacial score (nSPS) is 10.2. The van der Waals surface area contributed by atoms with Gasteiger partial charge in [0.1, 0.15) is 0 Å². The van der Waals surface area contributed by atoms with E-state index in [1.807, 2.05) is 0 Å². The summed E-state index contributed by atoms with van der Waals surface area (Å²) >= 11 is 11.3. The minimum absolute atomic E-state index is 0.261. The van der Waals surface area contributed by atoms with Gasteiger partial charge in [0.15, 0.2) is 5.02 Å². The van der Waals surface area contributed by atoms with Crippen molar-refractivity contribution >= 4 is 46.2 Å². The van der Waals surface area contributed by atoms with Crippen molar-refractivity contribution < 1.29 is 14.6 Å². The van der Waals surface area contributed by atoms with Gasteiger partial charge in [-0.1, -0.05) is 23.2 Å². The highest BCUT2D eigenvalue weighted by Gasteiger charge is 2.27. The number of benzene rings is 2. The Bertz CT molecular complexity index is 773. The van der Waals surface area contributed by atoms with Crippen LogP contribution >= 0.6 is 23.2 Å². The van der Waals surface area contributed by atoms with Crippen LogP contribution in [0.25, 0.3) is 0 Å². The van der Waals surface area contributed by atoms with Gasteiger partial charge in [-0.3, -0.25) is 25.0 Å². The smallest absolute Gasteiger partial charge is 0.295 e. The Morgan fingerprint density at radius 3 is 1.87 bits per heavy atom. The minimum Gasteiger partial charge on any atom is -0.322 e. The van der Waals surface area contributed by atoms with Crippen molar-refractivity contribution in [2.75, 3.05) is 5.32 Å². The van der Waals surface area contributed by atoms with Crippen LogP contribution in [0.4, 0.5) is 17.1 Å². The Hall–Kier alpha value is -2.71. The summed E-state index contributed by atoms with van der Waals surface area (Å²) in [6, 6.07) is 7.84. The first-order valence-electron chi connectivity index (χ1n) is 5.99. The molecular formula is C13H7Cl2N3O5. The predicted molar refractivity (Wildman–Crippen MR) is 84.2 cm³/mol. The number of rotatable bonds is 4. The second kappa shape index (κ2) is 6.59. The highest BCUT2D eigenvalue weighted by atomic mass is 35.5. The Labute approximate surface area is 138 Å². The van der Waals surface area contributed by atoms with Gasteiger partial charge in [-0.25, -0.2) is 0 Å². The third-order valence-corrected chi connectivity index (χ3v) is 3.43. The number of nitrogens with one attached hydrogen (secondary N) is 1. The van der Waals surface area contributed by atoms with E-state index in [4.69, 9.17) is 23.2 Å². The molecule has 2 aromatic carbocycles. The second-order valence-corrected chi connectivity index (χ2v) is 5.12. The molecule has 23 heavy (non-hydrogen) atoms. The lowest BCUT2D eigenvalue weighted by Crippen LogP contribution is -2.12. The van der Waals surface area contributed by atoms with E-state index in [9.17, 15) is 25.0 Å². The molecule has 10 heteroatoms. The standard InChI is InChI=1S/C13H7Cl2N3O5/c14-8-1-3-9(4-2-8)16-13(19)7-5-10(17(20)21)12(15)11(6-7)18(22)23/h1-6H,(H,16,19). The summed E-state index contributed by atoms with van der Waals surface area (Å²) in [7, 11) is 0. The molecule has 0 aliphatic rings. The van der Waals surface area contributed by atoms with Gasteiger partial charge in [-0.15, -0.1) is 0 Å². The van der Waals surface area contributed by atoms with Gasteiger partial charge in [-0.05, 0) is 24.3 Å². The summed E-state index contributed by atoms with van der Waals surface area (Å²) in [6.07, 6.45) is 0. The van der Waals surface area contributed by atoms with E-state index < -0.39 is 32.2 Å². The van der Waals surface area contributed by atoms with Crippen molar-refractivity contribution in [1.82, 2.24) is 0 Å². The van der Waals surface area contributed by atoms with Crippen LogP contribution in [0.3, 0.4) is 0 Å². The maximum Gasteiger partial charge on any atom is 0.295 e. The van der Waals surface area contributed by atoms with Gasteiger partial charge in [-0.2, -0.15) is 0 Å². The van der Waals surface area contributed by atoms with Crippen molar-refractivity contribution in [3.63, 3.8) is 0 Å². The van der Waals surface area contributed by atoms with Gasteiger partial charge >= 0.3 is 0 Å². The van der Waals surface area contributed by atoms with Crippen LogP contribution in [0.2, 0.25) is 10.0 Å². The minimum atomic E-state index is -0.894. The van der Waals surface area contributed by atoms with Crippen LogP contribution in [-0.2, 0) is 0 Å². The molecule has 0 fully saturated rings. The zero-order valence-corrected chi connectivity index (χ0v) is 12.7. The average molecular weight is 356 g/mol. The van der Waals surface area contributed by atoms with Crippen LogP contribution in [-0.4, -0.2) is 15.8 Å². The Morgan fingerprint density at radius 2 is 1.43 bits per heavy atom. The Balaban J connectivity index is 2.41. The third-order valence-electron chi connectivity index (χ3n) is 2.79. The summed E-state index contributed by atoms with van der Waals surface area (Å²) in [5, 5.41) is 24.1. The number of anilines is 1. The maximum absolute atomic E-state index is 12.1. The molecule has 2 aromatic rings. The maximum atomic E-state index is 12.1. The monoisotopic (exact) mass is 355 g/mol. The van der Waals surface area contributed by atoms with Gasteiger partial charge in [0.25, 0.3) is 17.3 Å². The van der Waals surface area contributed by atoms with E-state index in [-0.39, 0.29) is 5.56 Å². The van der Waals surface area contributed by atoms with Gasteiger partial charge < -0.3 is 5.32 Å². The lowest BCUT2D eigenvalue weighted by molar-refractivity contribution is -0.393. The molecule has 0 heterocycles. The van der Waals surface area contributed by atoms with Crippen molar-refractivity contribution in [1.29, 1.82) is 0 Å². The number of nitro benzene ring substituents is 2. The van der Waals surface area contributed by atoms with Crippen LogP contribution in [0.15, 0.2) is 36.4 Å². The fourth-order valence-electron chi connectivity index (χ4n) is 1.73. The van der Waals surface area contributed by atoms with Crippen molar-refractivity contribution in [3.05, 3.63) is 72.2 Å². The van der Waals surface area contributed by atoms with Crippen LogP contribution in [0, 0.1) is 20.2 Å². The third kappa shape index (κ3) is 3.74. The SMILES string of the molecule is O=C(Nc1ccc(Cl)cc1)c1cc([N+](=O)[O-])c(Cl)c([N+](=O)[O-])c1. The van der Waals surface area contributed by atoms with E-state index >= 15 is 0 Å². The molecule has 0 bridgehead atoms. The lowest BCUT2D eigenvalue weighted by Gasteiger charge is -2.06. The Kier molecular flexibility index (Phi) is 4.77. The molecule has 8 nitrogen and oxygen atoms in total. The van der Waals surface area contributed by atoms with Crippen molar-refractivity contribution in [3.8, 4) is 0 Å². The van der Waals surface area contributed by atoms with E-state index in [0.717, 1.165) is 12.1 Å². The molecule has 118 valence electrons. The fraction of sp³-hybridized carbons (Fsp3) is 0. The molecule has 1 N–H and O–H groups in total.